The summed E-state index contributed by atoms with van der Waals surface area (Å²) in [6.07, 6.45) is -2.47. The summed E-state index contributed by atoms with van der Waals surface area (Å²) in [5.41, 5.74) is 5.72. The van der Waals surface area contributed by atoms with Crippen LogP contribution < -0.4 is 10.5 Å². The van der Waals surface area contributed by atoms with Gasteiger partial charge in [0.25, 0.3) is 6.43 Å². The normalized spacial score (nSPS) is 13.3. The first-order valence-electron chi connectivity index (χ1n) is 4.81. The fourth-order valence-corrected chi connectivity index (χ4v) is 1.19. The van der Waals surface area contributed by atoms with Crippen LogP contribution in [0.25, 0.3) is 0 Å². The number of nitrogens with two attached hydrogens (primary N) is 1. The summed E-state index contributed by atoms with van der Waals surface area (Å²) in [5, 5.41) is 0. The van der Waals surface area contributed by atoms with E-state index in [-0.39, 0.29) is 6.10 Å². The van der Waals surface area contributed by atoms with E-state index < -0.39 is 12.5 Å². The minimum Gasteiger partial charge on any atom is -0.491 e. The molecule has 1 aromatic rings. The van der Waals surface area contributed by atoms with Gasteiger partial charge in [0.05, 0.1) is 12.1 Å². The van der Waals surface area contributed by atoms with E-state index >= 15 is 0 Å². The van der Waals surface area contributed by atoms with Crippen molar-refractivity contribution in [2.45, 2.75) is 32.4 Å². The van der Waals surface area contributed by atoms with E-state index in [9.17, 15) is 8.78 Å². The number of alkyl halides is 2. The lowest BCUT2D eigenvalue weighted by molar-refractivity contribution is 0.116. The van der Waals surface area contributed by atoms with Crippen molar-refractivity contribution >= 4 is 0 Å². The average Bonchev–Trinajstić information content (AvgIpc) is 2.17. The minimum absolute atomic E-state index is 0.0691. The van der Waals surface area contributed by atoms with Gasteiger partial charge in [0.2, 0.25) is 0 Å². The first-order valence-corrected chi connectivity index (χ1v) is 4.81. The molecular formula is C11H15F2NO. The van der Waals surface area contributed by atoms with Crippen molar-refractivity contribution in [3.63, 3.8) is 0 Å². The second-order valence-electron chi connectivity index (χ2n) is 3.60. The van der Waals surface area contributed by atoms with Crippen LogP contribution in [0, 0.1) is 0 Å². The van der Waals surface area contributed by atoms with E-state index in [1.54, 1.807) is 24.3 Å². The van der Waals surface area contributed by atoms with E-state index in [0.717, 1.165) is 0 Å². The Balaban J connectivity index is 2.72. The molecule has 0 fully saturated rings. The van der Waals surface area contributed by atoms with Crippen LogP contribution in [-0.4, -0.2) is 12.5 Å². The van der Waals surface area contributed by atoms with Gasteiger partial charge in [-0.05, 0) is 31.5 Å². The van der Waals surface area contributed by atoms with Crippen LogP contribution >= 0.6 is 0 Å². The zero-order valence-electron chi connectivity index (χ0n) is 8.78. The summed E-state index contributed by atoms with van der Waals surface area (Å²) in [6.45, 7) is 3.80. The molecule has 1 atom stereocenters. The lowest BCUT2D eigenvalue weighted by Gasteiger charge is -2.13. The van der Waals surface area contributed by atoms with Crippen LogP contribution in [0.2, 0.25) is 0 Å². The zero-order chi connectivity index (χ0) is 11.4. The molecule has 2 nitrogen and oxygen atoms in total. The van der Waals surface area contributed by atoms with Crippen molar-refractivity contribution in [3.05, 3.63) is 29.8 Å². The maximum atomic E-state index is 12.3. The molecule has 0 saturated carbocycles. The molecular weight excluding hydrogens is 200 g/mol. The van der Waals surface area contributed by atoms with E-state index in [1.165, 1.54) is 0 Å². The van der Waals surface area contributed by atoms with Gasteiger partial charge in [0.1, 0.15) is 5.75 Å². The highest BCUT2D eigenvalue weighted by atomic mass is 19.3. The zero-order valence-corrected chi connectivity index (χ0v) is 8.78. The topological polar surface area (TPSA) is 35.2 Å². The third kappa shape index (κ3) is 3.47. The highest BCUT2D eigenvalue weighted by molar-refractivity contribution is 5.29. The Bertz CT molecular complexity index is 298. The van der Waals surface area contributed by atoms with Crippen LogP contribution in [-0.2, 0) is 0 Å². The molecule has 15 heavy (non-hydrogen) atoms. The Morgan fingerprint density at radius 2 is 1.67 bits per heavy atom. The molecule has 0 aliphatic rings. The van der Waals surface area contributed by atoms with E-state index in [4.69, 9.17) is 10.5 Å². The summed E-state index contributed by atoms with van der Waals surface area (Å²) < 4.78 is 29.9. The molecule has 4 heteroatoms. The molecule has 1 aromatic carbocycles. The second-order valence-corrected chi connectivity index (χ2v) is 3.60. The summed E-state index contributed by atoms with van der Waals surface area (Å²) in [4.78, 5) is 0. The van der Waals surface area contributed by atoms with Gasteiger partial charge in [-0.1, -0.05) is 12.1 Å². The van der Waals surface area contributed by atoms with Crippen molar-refractivity contribution in [2.75, 3.05) is 0 Å². The molecule has 84 valence electrons. The maximum absolute atomic E-state index is 12.3. The Kier molecular flexibility index (Phi) is 4.03. The monoisotopic (exact) mass is 215 g/mol. The van der Waals surface area contributed by atoms with E-state index in [2.05, 4.69) is 0 Å². The first kappa shape index (κ1) is 11.9. The molecule has 0 bridgehead atoms. The number of halogens is 2. The lowest BCUT2D eigenvalue weighted by Crippen LogP contribution is -2.18. The van der Waals surface area contributed by atoms with Gasteiger partial charge in [0, 0.05) is 0 Å². The van der Waals surface area contributed by atoms with Crippen molar-refractivity contribution < 1.29 is 13.5 Å². The Morgan fingerprint density at radius 1 is 1.13 bits per heavy atom. The molecule has 0 aliphatic heterocycles. The summed E-state index contributed by atoms with van der Waals surface area (Å²) >= 11 is 0. The molecule has 0 amide bonds. The minimum atomic E-state index is -2.54. The fourth-order valence-electron chi connectivity index (χ4n) is 1.19. The third-order valence-electron chi connectivity index (χ3n) is 1.91. The molecule has 2 N–H and O–H groups in total. The van der Waals surface area contributed by atoms with E-state index in [1.807, 2.05) is 13.8 Å². The summed E-state index contributed by atoms with van der Waals surface area (Å²) in [5.74, 6) is 0.662. The van der Waals surface area contributed by atoms with Crippen molar-refractivity contribution in [1.29, 1.82) is 0 Å². The maximum Gasteiger partial charge on any atom is 0.257 e. The highest BCUT2D eigenvalue weighted by Crippen LogP contribution is 2.21. The van der Waals surface area contributed by atoms with Gasteiger partial charge in [-0.2, -0.15) is 0 Å². The lowest BCUT2D eigenvalue weighted by atomic mass is 10.1. The van der Waals surface area contributed by atoms with E-state index in [0.29, 0.717) is 11.3 Å². The second kappa shape index (κ2) is 5.07. The Labute approximate surface area is 88.0 Å². The summed E-state index contributed by atoms with van der Waals surface area (Å²) in [7, 11) is 0. The SMILES string of the molecule is CC(C)Oc1ccc([C@@H](N)C(F)F)cc1. The predicted molar refractivity (Wildman–Crippen MR) is 55.1 cm³/mol. The third-order valence-corrected chi connectivity index (χ3v) is 1.91. The molecule has 0 unspecified atom stereocenters. The van der Waals surface area contributed by atoms with Gasteiger partial charge in [-0.3, -0.25) is 0 Å². The Hall–Kier alpha value is -1.16. The number of benzene rings is 1. The number of rotatable bonds is 4. The number of hydrogen-bond donors (Lipinski definition) is 1. The smallest absolute Gasteiger partial charge is 0.257 e. The average molecular weight is 215 g/mol. The first-order chi connectivity index (χ1) is 7.00. The number of ether oxygens (including phenoxy) is 1. The van der Waals surface area contributed by atoms with Gasteiger partial charge in [-0.25, -0.2) is 8.78 Å². The largest absolute Gasteiger partial charge is 0.491 e. The van der Waals surface area contributed by atoms with Crippen molar-refractivity contribution in [2.24, 2.45) is 5.73 Å². The predicted octanol–water partition coefficient (Wildman–Crippen LogP) is 2.74. The fraction of sp³-hybridized carbons (Fsp3) is 0.455. The van der Waals surface area contributed by atoms with Crippen LogP contribution in [0.15, 0.2) is 24.3 Å². The van der Waals surface area contributed by atoms with Crippen LogP contribution in [0.5, 0.6) is 5.75 Å². The quantitative estimate of drug-likeness (QED) is 0.838. The molecule has 0 radical (unpaired) electrons. The van der Waals surface area contributed by atoms with Crippen LogP contribution in [0.1, 0.15) is 25.5 Å². The van der Waals surface area contributed by atoms with Crippen molar-refractivity contribution in [3.8, 4) is 5.75 Å². The van der Waals surface area contributed by atoms with Crippen molar-refractivity contribution in [1.82, 2.24) is 0 Å². The highest BCUT2D eigenvalue weighted by Gasteiger charge is 2.16. The van der Waals surface area contributed by atoms with Gasteiger partial charge >= 0.3 is 0 Å². The van der Waals surface area contributed by atoms with Gasteiger partial charge in [0.15, 0.2) is 0 Å². The molecule has 1 rings (SSSR count). The number of hydrogen-bond acceptors (Lipinski definition) is 2. The van der Waals surface area contributed by atoms with Crippen LogP contribution in [0.4, 0.5) is 8.78 Å². The standard InChI is InChI=1S/C11H15F2NO/c1-7(2)15-9-5-3-8(4-6-9)10(14)11(12)13/h3-7,10-11H,14H2,1-2H3/t10-/m1/s1. The molecule has 0 aromatic heterocycles. The van der Waals surface area contributed by atoms with Crippen LogP contribution in [0.3, 0.4) is 0 Å². The van der Waals surface area contributed by atoms with Gasteiger partial charge < -0.3 is 10.5 Å². The van der Waals surface area contributed by atoms with Gasteiger partial charge in [-0.15, -0.1) is 0 Å². The molecule has 0 spiro atoms. The molecule has 0 aliphatic carbocycles. The molecule has 0 saturated heterocycles. The Morgan fingerprint density at radius 3 is 2.07 bits per heavy atom. The molecule has 0 heterocycles. The summed E-state index contributed by atoms with van der Waals surface area (Å²) in [6, 6.07) is 5.20.